The van der Waals surface area contributed by atoms with Crippen LogP contribution in [0.1, 0.15) is 5.56 Å². The van der Waals surface area contributed by atoms with Gasteiger partial charge in [0.25, 0.3) is 5.62 Å². The first-order valence-corrected chi connectivity index (χ1v) is 5.46. The number of benzene rings is 1. The maximum Gasteiger partial charge on any atom is 0.259 e. The van der Waals surface area contributed by atoms with Crippen LogP contribution < -0.4 is 16.3 Å². The summed E-state index contributed by atoms with van der Waals surface area (Å²) in [4.78, 5) is 5.82. The second kappa shape index (κ2) is 4.79. The molecule has 0 atom stereocenters. The molecule has 4 N–H and O–H groups in total. The smallest absolute Gasteiger partial charge is 0.259 e. The fourth-order valence-corrected chi connectivity index (χ4v) is 1.64. The largest absolute Gasteiger partial charge is 0.423 e. The molecule has 0 aliphatic heterocycles. The summed E-state index contributed by atoms with van der Waals surface area (Å²) in [6.07, 6.45) is 0. The van der Waals surface area contributed by atoms with Crippen LogP contribution in [-0.2, 0) is 6.54 Å². The number of anilines is 2. The summed E-state index contributed by atoms with van der Waals surface area (Å²) < 4.78 is 0.542. The van der Waals surface area contributed by atoms with Gasteiger partial charge in [0.15, 0.2) is 0 Å². The number of nitrogens with two attached hydrogens (primary N) is 1. The zero-order valence-electron chi connectivity index (χ0n) is 10.0. The Morgan fingerprint density at radius 2 is 2.06 bits per heavy atom. The van der Waals surface area contributed by atoms with Crippen molar-refractivity contribution in [3.05, 3.63) is 47.6 Å². The lowest BCUT2D eigenvalue weighted by molar-refractivity contribution is 0.171. The van der Waals surface area contributed by atoms with Crippen molar-refractivity contribution in [1.82, 2.24) is 9.71 Å². The van der Waals surface area contributed by atoms with Crippen molar-refractivity contribution in [1.29, 1.82) is 5.41 Å². The monoisotopic (exact) mass is 245 g/mol. The van der Waals surface area contributed by atoms with E-state index in [2.05, 4.69) is 4.98 Å². The zero-order valence-corrected chi connectivity index (χ0v) is 10.0. The van der Waals surface area contributed by atoms with Crippen LogP contribution in [0, 0.1) is 5.41 Å². The third-order valence-electron chi connectivity index (χ3n) is 2.60. The average molecular weight is 245 g/mol. The summed E-state index contributed by atoms with van der Waals surface area (Å²) >= 11 is 0. The predicted molar refractivity (Wildman–Crippen MR) is 68.2 cm³/mol. The average Bonchev–Trinajstić information content (AvgIpc) is 2.36. The van der Waals surface area contributed by atoms with Crippen LogP contribution in [0.5, 0.6) is 0 Å². The van der Waals surface area contributed by atoms with Gasteiger partial charge in [0.2, 0.25) is 0 Å². The molecule has 0 unspecified atom stereocenters. The quantitative estimate of drug-likeness (QED) is 0.698. The number of hydrogen-bond donors (Lipinski definition) is 3. The number of aromatic nitrogens is 2. The SMILES string of the molecule is CN(Cc1ccccc1)c1cc(N)n(O)c(=N)n1. The number of hydrogen-bond acceptors (Lipinski definition) is 5. The van der Waals surface area contributed by atoms with Crippen LogP contribution in [0.4, 0.5) is 11.6 Å². The van der Waals surface area contributed by atoms with Crippen LogP contribution in [0.15, 0.2) is 36.4 Å². The topological polar surface area (TPSA) is 91.2 Å². The van der Waals surface area contributed by atoms with Gasteiger partial charge >= 0.3 is 0 Å². The van der Waals surface area contributed by atoms with E-state index in [-0.39, 0.29) is 11.4 Å². The lowest BCUT2D eigenvalue weighted by Crippen LogP contribution is -2.28. The molecule has 0 spiro atoms. The Kier molecular flexibility index (Phi) is 3.18. The van der Waals surface area contributed by atoms with Gasteiger partial charge in [-0.15, -0.1) is 4.73 Å². The fourth-order valence-electron chi connectivity index (χ4n) is 1.64. The molecule has 6 nitrogen and oxygen atoms in total. The molecule has 94 valence electrons. The molecule has 1 heterocycles. The molecular formula is C12H15N5O. The molecule has 0 aliphatic carbocycles. The highest BCUT2D eigenvalue weighted by molar-refractivity contribution is 5.46. The van der Waals surface area contributed by atoms with Gasteiger partial charge in [0.1, 0.15) is 11.6 Å². The van der Waals surface area contributed by atoms with E-state index < -0.39 is 0 Å². The maximum atomic E-state index is 9.33. The third kappa shape index (κ3) is 2.42. The molecule has 0 fully saturated rings. The summed E-state index contributed by atoms with van der Waals surface area (Å²) in [5.74, 6) is 0.636. The summed E-state index contributed by atoms with van der Waals surface area (Å²) in [7, 11) is 1.86. The first-order valence-electron chi connectivity index (χ1n) is 5.46. The van der Waals surface area contributed by atoms with Crippen LogP contribution in [0.2, 0.25) is 0 Å². The number of nitrogen functional groups attached to an aromatic ring is 1. The van der Waals surface area contributed by atoms with Crippen LogP contribution in [0.3, 0.4) is 0 Å². The molecule has 0 radical (unpaired) electrons. The third-order valence-corrected chi connectivity index (χ3v) is 2.60. The lowest BCUT2D eigenvalue weighted by atomic mass is 10.2. The first-order chi connectivity index (χ1) is 8.58. The molecule has 6 heteroatoms. The predicted octanol–water partition coefficient (Wildman–Crippen LogP) is 0.818. The minimum absolute atomic E-state index is 0.0879. The second-order valence-electron chi connectivity index (χ2n) is 4.02. The van der Waals surface area contributed by atoms with Crippen molar-refractivity contribution < 1.29 is 5.21 Å². The molecule has 0 aliphatic rings. The Hall–Kier alpha value is -2.50. The van der Waals surface area contributed by atoms with Crippen molar-refractivity contribution in [3.8, 4) is 0 Å². The van der Waals surface area contributed by atoms with Gasteiger partial charge in [-0.05, 0) is 5.56 Å². The van der Waals surface area contributed by atoms with E-state index in [0.29, 0.717) is 17.1 Å². The maximum absolute atomic E-state index is 9.33. The summed E-state index contributed by atoms with van der Waals surface area (Å²) in [6.45, 7) is 0.655. The normalized spacial score (nSPS) is 10.3. The van der Waals surface area contributed by atoms with Gasteiger partial charge in [-0.3, -0.25) is 5.41 Å². The van der Waals surface area contributed by atoms with Crippen LogP contribution in [-0.4, -0.2) is 22.0 Å². The van der Waals surface area contributed by atoms with Gasteiger partial charge in [0, 0.05) is 19.7 Å². The molecular weight excluding hydrogens is 230 g/mol. The van der Waals surface area contributed by atoms with Crippen molar-refractivity contribution in [2.45, 2.75) is 6.54 Å². The fraction of sp³-hybridized carbons (Fsp3) is 0.167. The minimum Gasteiger partial charge on any atom is -0.423 e. The number of rotatable bonds is 3. The minimum atomic E-state index is -0.287. The van der Waals surface area contributed by atoms with Crippen LogP contribution >= 0.6 is 0 Å². The van der Waals surface area contributed by atoms with E-state index in [1.165, 1.54) is 6.07 Å². The molecule has 0 amide bonds. The van der Waals surface area contributed by atoms with Crippen molar-refractivity contribution in [2.75, 3.05) is 17.7 Å². The Labute approximate surface area is 104 Å². The van der Waals surface area contributed by atoms with Gasteiger partial charge in [-0.25, -0.2) is 0 Å². The molecule has 0 bridgehead atoms. The Morgan fingerprint density at radius 3 is 2.67 bits per heavy atom. The van der Waals surface area contributed by atoms with E-state index in [1.807, 2.05) is 42.3 Å². The molecule has 2 aromatic rings. The summed E-state index contributed by atoms with van der Waals surface area (Å²) in [5, 5.41) is 16.8. The van der Waals surface area contributed by atoms with Crippen molar-refractivity contribution in [2.24, 2.45) is 0 Å². The van der Waals surface area contributed by atoms with Crippen molar-refractivity contribution in [3.63, 3.8) is 0 Å². The van der Waals surface area contributed by atoms with Gasteiger partial charge < -0.3 is 15.8 Å². The van der Waals surface area contributed by atoms with Crippen molar-refractivity contribution >= 4 is 11.6 Å². The molecule has 2 rings (SSSR count). The Bertz CT molecular complexity index is 593. The molecule has 1 aromatic carbocycles. The highest BCUT2D eigenvalue weighted by atomic mass is 16.5. The highest BCUT2D eigenvalue weighted by Crippen LogP contribution is 2.13. The van der Waals surface area contributed by atoms with E-state index in [9.17, 15) is 5.21 Å². The van der Waals surface area contributed by atoms with E-state index in [1.54, 1.807) is 0 Å². The summed E-state index contributed by atoms with van der Waals surface area (Å²) in [5.41, 5.74) is 6.42. The van der Waals surface area contributed by atoms with Gasteiger partial charge in [-0.1, -0.05) is 30.3 Å². The molecule has 18 heavy (non-hydrogen) atoms. The Morgan fingerprint density at radius 1 is 1.39 bits per heavy atom. The second-order valence-corrected chi connectivity index (χ2v) is 4.02. The number of nitrogens with zero attached hydrogens (tertiary/aromatic N) is 3. The van der Waals surface area contributed by atoms with E-state index in [0.717, 1.165) is 5.56 Å². The van der Waals surface area contributed by atoms with Gasteiger partial charge in [0.05, 0.1) is 0 Å². The van der Waals surface area contributed by atoms with Crippen LogP contribution in [0.25, 0.3) is 0 Å². The standard InChI is InChI=1S/C12H15N5O/c1-16(8-9-5-3-2-4-6-9)11-7-10(13)17(18)12(14)15-11/h2-7,14,18H,8,13H2,1H3. The van der Waals surface area contributed by atoms with Gasteiger partial charge in [-0.2, -0.15) is 4.98 Å². The Balaban J connectivity index is 2.24. The number of nitrogens with one attached hydrogen (secondary N) is 1. The highest BCUT2D eigenvalue weighted by Gasteiger charge is 2.07. The van der Waals surface area contributed by atoms with E-state index >= 15 is 0 Å². The lowest BCUT2D eigenvalue weighted by Gasteiger charge is -2.18. The zero-order chi connectivity index (χ0) is 13.1. The van der Waals surface area contributed by atoms with E-state index in [4.69, 9.17) is 11.1 Å². The first kappa shape index (κ1) is 12.0. The summed E-state index contributed by atoms with van der Waals surface area (Å²) in [6, 6.07) is 11.4. The molecule has 0 saturated heterocycles. The molecule has 1 aromatic heterocycles. The molecule has 0 saturated carbocycles.